The summed E-state index contributed by atoms with van der Waals surface area (Å²) in [6.45, 7) is 5.45. The zero-order chi connectivity index (χ0) is 14.9. The van der Waals surface area contributed by atoms with Gasteiger partial charge in [0.15, 0.2) is 11.4 Å². The number of rotatable bonds is 5. The molecule has 1 rings (SSSR count). The number of hydrogen-bond acceptors (Lipinski definition) is 5. The minimum absolute atomic E-state index is 0.193. The SMILES string of the molecule is CCOC(=O)C(F)(F)C(O)(CC)C1COC(C)(C)O1. The molecule has 1 aliphatic rings. The lowest BCUT2D eigenvalue weighted by molar-refractivity contribution is -0.250. The van der Waals surface area contributed by atoms with Gasteiger partial charge in [-0.1, -0.05) is 6.92 Å². The lowest BCUT2D eigenvalue weighted by atomic mass is 9.86. The summed E-state index contributed by atoms with van der Waals surface area (Å²) in [5.41, 5.74) is -2.66. The van der Waals surface area contributed by atoms with E-state index in [9.17, 15) is 18.7 Å². The van der Waals surface area contributed by atoms with E-state index >= 15 is 0 Å². The van der Waals surface area contributed by atoms with Crippen LogP contribution in [0.1, 0.15) is 34.1 Å². The number of esters is 1. The average molecular weight is 282 g/mol. The van der Waals surface area contributed by atoms with Crippen molar-refractivity contribution in [2.24, 2.45) is 0 Å². The van der Waals surface area contributed by atoms with Crippen molar-refractivity contribution < 1.29 is 32.9 Å². The molecule has 0 saturated carbocycles. The molecule has 1 fully saturated rings. The van der Waals surface area contributed by atoms with Crippen LogP contribution in [0.4, 0.5) is 8.78 Å². The molecule has 1 saturated heterocycles. The van der Waals surface area contributed by atoms with Gasteiger partial charge in [0, 0.05) is 0 Å². The fourth-order valence-electron chi connectivity index (χ4n) is 1.97. The molecule has 112 valence electrons. The van der Waals surface area contributed by atoms with Crippen molar-refractivity contribution in [3.8, 4) is 0 Å². The number of hydrogen-bond donors (Lipinski definition) is 1. The van der Waals surface area contributed by atoms with Gasteiger partial charge in [0.25, 0.3) is 0 Å². The van der Waals surface area contributed by atoms with Gasteiger partial charge < -0.3 is 19.3 Å². The summed E-state index contributed by atoms with van der Waals surface area (Å²) in [5, 5.41) is 10.2. The molecular weight excluding hydrogens is 262 g/mol. The van der Waals surface area contributed by atoms with Crippen molar-refractivity contribution in [3.05, 3.63) is 0 Å². The van der Waals surface area contributed by atoms with Crippen LogP contribution in [0, 0.1) is 0 Å². The standard InChI is InChI=1S/C12H20F2O5/c1-5-11(16,8-7-18-10(3,4)19-8)12(13,14)9(15)17-6-2/h8,16H,5-7H2,1-4H3. The van der Waals surface area contributed by atoms with E-state index in [2.05, 4.69) is 4.74 Å². The van der Waals surface area contributed by atoms with Crippen LogP contribution in [0.5, 0.6) is 0 Å². The van der Waals surface area contributed by atoms with E-state index < -0.39 is 29.4 Å². The third-order valence-electron chi connectivity index (χ3n) is 3.16. The molecular formula is C12H20F2O5. The fourth-order valence-corrected chi connectivity index (χ4v) is 1.97. The van der Waals surface area contributed by atoms with Crippen LogP contribution in [0.2, 0.25) is 0 Å². The first kappa shape index (κ1) is 16.3. The van der Waals surface area contributed by atoms with Crippen LogP contribution in [0.25, 0.3) is 0 Å². The van der Waals surface area contributed by atoms with E-state index in [0.29, 0.717) is 0 Å². The monoisotopic (exact) mass is 282 g/mol. The predicted octanol–water partition coefficient (Wildman–Crippen LogP) is 1.48. The molecule has 1 N–H and O–H groups in total. The number of carbonyl (C=O) groups excluding carboxylic acids is 1. The van der Waals surface area contributed by atoms with Crippen LogP contribution in [-0.4, -0.2) is 47.7 Å². The maximum Gasteiger partial charge on any atom is 0.380 e. The molecule has 1 aliphatic heterocycles. The van der Waals surface area contributed by atoms with Gasteiger partial charge in [-0.3, -0.25) is 0 Å². The molecule has 0 bridgehead atoms. The van der Waals surface area contributed by atoms with Gasteiger partial charge in [-0.15, -0.1) is 0 Å². The second-order valence-corrected chi connectivity index (χ2v) is 4.89. The second kappa shape index (κ2) is 5.30. The van der Waals surface area contributed by atoms with Gasteiger partial charge in [-0.25, -0.2) is 4.79 Å². The Balaban J connectivity index is 3.00. The maximum atomic E-state index is 14.1. The second-order valence-electron chi connectivity index (χ2n) is 4.89. The molecule has 1 heterocycles. The molecule has 7 heteroatoms. The highest BCUT2D eigenvalue weighted by Crippen LogP contribution is 2.41. The normalized spacial score (nSPS) is 25.9. The summed E-state index contributed by atoms with van der Waals surface area (Å²) in [6, 6.07) is 0. The lowest BCUT2D eigenvalue weighted by Gasteiger charge is -2.37. The van der Waals surface area contributed by atoms with Crippen LogP contribution in [0.15, 0.2) is 0 Å². The van der Waals surface area contributed by atoms with Gasteiger partial charge in [-0.05, 0) is 27.2 Å². The van der Waals surface area contributed by atoms with E-state index in [4.69, 9.17) is 9.47 Å². The summed E-state index contributed by atoms with van der Waals surface area (Å²) in [7, 11) is 0. The van der Waals surface area contributed by atoms with E-state index in [1.807, 2.05) is 0 Å². The summed E-state index contributed by atoms with van der Waals surface area (Å²) < 4.78 is 42.9. The topological polar surface area (TPSA) is 65.0 Å². The minimum atomic E-state index is -4.06. The van der Waals surface area contributed by atoms with E-state index in [1.165, 1.54) is 13.8 Å². The largest absolute Gasteiger partial charge is 0.461 e. The highest BCUT2D eigenvalue weighted by atomic mass is 19.3. The van der Waals surface area contributed by atoms with Crippen LogP contribution < -0.4 is 0 Å². The smallest absolute Gasteiger partial charge is 0.380 e. The summed E-state index contributed by atoms with van der Waals surface area (Å²) in [5.74, 6) is -6.89. The fraction of sp³-hybridized carbons (Fsp3) is 0.917. The summed E-state index contributed by atoms with van der Waals surface area (Å²) >= 11 is 0. The van der Waals surface area contributed by atoms with E-state index in [-0.39, 0.29) is 19.6 Å². The number of carbonyl (C=O) groups is 1. The highest BCUT2D eigenvalue weighted by molar-refractivity contribution is 5.79. The molecule has 0 amide bonds. The van der Waals surface area contributed by atoms with Crippen LogP contribution >= 0.6 is 0 Å². The Kier molecular flexibility index (Phi) is 4.54. The van der Waals surface area contributed by atoms with E-state index in [0.717, 1.165) is 0 Å². The third-order valence-corrected chi connectivity index (χ3v) is 3.16. The zero-order valence-corrected chi connectivity index (χ0v) is 11.5. The van der Waals surface area contributed by atoms with Gasteiger partial charge in [-0.2, -0.15) is 8.78 Å². The molecule has 0 aromatic heterocycles. The Hall–Kier alpha value is -0.790. The quantitative estimate of drug-likeness (QED) is 0.774. The molecule has 0 radical (unpaired) electrons. The zero-order valence-electron chi connectivity index (χ0n) is 11.5. The van der Waals surface area contributed by atoms with Gasteiger partial charge in [0.05, 0.1) is 13.2 Å². The van der Waals surface area contributed by atoms with Crippen LogP contribution in [-0.2, 0) is 19.0 Å². The lowest BCUT2D eigenvalue weighted by Crippen LogP contribution is -2.61. The average Bonchev–Trinajstić information content (AvgIpc) is 2.69. The molecule has 0 aromatic carbocycles. The molecule has 2 atom stereocenters. The Bertz CT molecular complexity index is 345. The Morgan fingerprint density at radius 2 is 2.05 bits per heavy atom. The van der Waals surface area contributed by atoms with Crippen molar-refractivity contribution in [1.29, 1.82) is 0 Å². The van der Waals surface area contributed by atoms with Crippen molar-refractivity contribution in [2.45, 2.75) is 57.5 Å². The Labute approximate surface area is 110 Å². The van der Waals surface area contributed by atoms with Crippen molar-refractivity contribution in [2.75, 3.05) is 13.2 Å². The first-order chi connectivity index (χ1) is 8.60. The number of alkyl halides is 2. The predicted molar refractivity (Wildman–Crippen MR) is 61.7 cm³/mol. The van der Waals surface area contributed by atoms with Crippen molar-refractivity contribution in [1.82, 2.24) is 0 Å². The third kappa shape index (κ3) is 2.88. The van der Waals surface area contributed by atoms with Crippen molar-refractivity contribution in [3.63, 3.8) is 0 Å². The number of halogens is 2. The van der Waals surface area contributed by atoms with Gasteiger partial charge in [0.1, 0.15) is 6.10 Å². The molecule has 0 aromatic rings. The molecule has 0 spiro atoms. The Morgan fingerprint density at radius 1 is 1.47 bits per heavy atom. The highest BCUT2D eigenvalue weighted by Gasteiger charge is 2.65. The minimum Gasteiger partial charge on any atom is -0.461 e. The van der Waals surface area contributed by atoms with Crippen molar-refractivity contribution >= 4 is 5.97 Å². The first-order valence-electron chi connectivity index (χ1n) is 6.20. The van der Waals surface area contributed by atoms with Gasteiger partial charge in [0.2, 0.25) is 0 Å². The number of aliphatic hydroxyl groups is 1. The molecule has 0 aliphatic carbocycles. The van der Waals surface area contributed by atoms with Gasteiger partial charge >= 0.3 is 11.9 Å². The van der Waals surface area contributed by atoms with E-state index in [1.54, 1.807) is 13.8 Å². The van der Waals surface area contributed by atoms with Crippen LogP contribution in [0.3, 0.4) is 0 Å². The summed E-state index contributed by atoms with van der Waals surface area (Å²) in [6.07, 6.45) is -1.67. The molecule has 5 nitrogen and oxygen atoms in total. The number of ether oxygens (including phenoxy) is 3. The summed E-state index contributed by atoms with van der Waals surface area (Å²) in [4.78, 5) is 11.4. The Morgan fingerprint density at radius 3 is 2.42 bits per heavy atom. The maximum absolute atomic E-state index is 14.1. The first-order valence-corrected chi connectivity index (χ1v) is 6.20. The molecule has 2 unspecified atom stereocenters. The molecule has 19 heavy (non-hydrogen) atoms.